The normalized spacial score (nSPS) is 11.6. The van der Waals surface area contributed by atoms with E-state index in [1.807, 2.05) is 17.8 Å². The molecule has 2 aromatic rings. The second-order valence-corrected chi connectivity index (χ2v) is 6.18. The highest BCUT2D eigenvalue weighted by Gasteiger charge is 2.12. The minimum atomic E-state index is 0.686. The molecule has 19 heavy (non-hydrogen) atoms. The second-order valence-electron chi connectivity index (χ2n) is 5.17. The van der Waals surface area contributed by atoms with Crippen molar-refractivity contribution < 1.29 is 0 Å². The molecular formula is C15H23N3S. The third-order valence-corrected chi connectivity index (χ3v) is 4.30. The number of hydrogen-bond donors (Lipinski definition) is 1. The predicted octanol–water partition coefficient (Wildman–Crippen LogP) is 3.58. The first-order chi connectivity index (χ1) is 9.22. The number of nitrogens with zero attached hydrogens (tertiary/aromatic N) is 2. The molecule has 3 nitrogen and oxygen atoms in total. The average molecular weight is 277 g/mol. The van der Waals surface area contributed by atoms with Gasteiger partial charge in [0, 0.05) is 18.5 Å². The van der Waals surface area contributed by atoms with Gasteiger partial charge in [0.25, 0.3) is 0 Å². The van der Waals surface area contributed by atoms with Crippen LogP contribution in [0.25, 0.3) is 5.65 Å². The number of thioether (sulfide) groups is 1. The van der Waals surface area contributed by atoms with E-state index in [-0.39, 0.29) is 0 Å². The van der Waals surface area contributed by atoms with Crippen LogP contribution < -0.4 is 5.32 Å². The molecule has 0 unspecified atom stereocenters. The molecule has 0 bridgehead atoms. The highest BCUT2D eigenvalue weighted by atomic mass is 32.2. The molecule has 104 valence electrons. The Hall–Kier alpha value is -1.00. The molecule has 0 aromatic carbocycles. The van der Waals surface area contributed by atoms with E-state index in [0.29, 0.717) is 5.92 Å². The second kappa shape index (κ2) is 6.96. The van der Waals surface area contributed by atoms with Crippen molar-refractivity contribution in [1.29, 1.82) is 0 Å². The number of hydrogen-bond acceptors (Lipinski definition) is 3. The first kappa shape index (κ1) is 14.4. The zero-order chi connectivity index (χ0) is 13.7. The van der Waals surface area contributed by atoms with Crippen molar-refractivity contribution in [2.75, 3.05) is 12.3 Å². The molecule has 0 aliphatic heterocycles. The van der Waals surface area contributed by atoms with Crippen molar-refractivity contribution >= 4 is 17.4 Å². The largest absolute Gasteiger partial charge is 0.311 e. The summed E-state index contributed by atoms with van der Waals surface area (Å²) in [6.07, 6.45) is 3.26. The third kappa shape index (κ3) is 3.74. The van der Waals surface area contributed by atoms with E-state index < -0.39 is 0 Å². The standard InChI is InChI=1S/C15H23N3S/c1-4-8-16-10-13-15(19-11-12(2)3)17-14-7-5-6-9-18(13)14/h5-7,9,12,16H,4,8,10-11H2,1-3H3. The highest BCUT2D eigenvalue weighted by molar-refractivity contribution is 7.99. The summed E-state index contributed by atoms with van der Waals surface area (Å²) in [4.78, 5) is 4.75. The Bertz CT molecular complexity index is 519. The Morgan fingerprint density at radius 1 is 1.37 bits per heavy atom. The van der Waals surface area contributed by atoms with Crippen LogP contribution in [0.4, 0.5) is 0 Å². The summed E-state index contributed by atoms with van der Waals surface area (Å²) >= 11 is 1.87. The van der Waals surface area contributed by atoms with Gasteiger partial charge in [0.15, 0.2) is 0 Å². The smallest absolute Gasteiger partial charge is 0.138 e. The monoisotopic (exact) mass is 277 g/mol. The lowest BCUT2D eigenvalue weighted by Gasteiger charge is -2.07. The van der Waals surface area contributed by atoms with E-state index in [4.69, 9.17) is 4.98 Å². The average Bonchev–Trinajstić information content (AvgIpc) is 2.75. The van der Waals surface area contributed by atoms with Gasteiger partial charge in [-0.25, -0.2) is 4.98 Å². The van der Waals surface area contributed by atoms with Crippen LogP contribution in [0.1, 0.15) is 32.9 Å². The third-order valence-electron chi connectivity index (χ3n) is 2.86. The SMILES string of the molecule is CCCNCc1c(SCC(C)C)nc2ccccn12. The summed E-state index contributed by atoms with van der Waals surface area (Å²) in [5.41, 5.74) is 2.33. The lowest BCUT2D eigenvalue weighted by Crippen LogP contribution is -2.15. The molecule has 0 amide bonds. The number of pyridine rings is 1. The van der Waals surface area contributed by atoms with Crippen molar-refractivity contribution in [3.05, 3.63) is 30.1 Å². The molecule has 0 spiro atoms. The van der Waals surface area contributed by atoms with Crippen LogP contribution in [0.15, 0.2) is 29.4 Å². The Morgan fingerprint density at radius 3 is 2.95 bits per heavy atom. The van der Waals surface area contributed by atoms with Crippen LogP contribution in [0.2, 0.25) is 0 Å². The quantitative estimate of drug-likeness (QED) is 0.619. The van der Waals surface area contributed by atoms with E-state index in [1.165, 1.54) is 10.7 Å². The molecule has 2 heterocycles. The lowest BCUT2D eigenvalue weighted by atomic mass is 10.3. The van der Waals surface area contributed by atoms with Gasteiger partial charge in [-0.05, 0) is 31.0 Å². The lowest BCUT2D eigenvalue weighted by molar-refractivity contribution is 0.652. The van der Waals surface area contributed by atoms with E-state index >= 15 is 0 Å². The number of nitrogens with one attached hydrogen (secondary N) is 1. The minimum absolute atomic E-state index is 0.686. The van der Waals surface area contributed by atoms with Crippen molar-refractivity contribution in [2.45, 2.75) is 38.8 Å². The molecule has 1 N–H and O–H groups in total. The first-order valence-corrected chi connectivity index (χ1v) is 8.00. The van der Waals surface area contributed by atoms with Gasteiger partial charge in [0.1, 0.15) is 10.7 Å². The number of fused-ring (bicyclic) bond motifs is 1. The molecule has 0 fully saturated rings. The molecule has 2 rings (SSSR count). The highest BCUT2D eigenvalue weighted by Crippen LogP contribution is 2.25. The fourth-order valence-electron chi connectivity index (χ4n) is 1.93. The Balaban J connectivity index is 2.23. The summed E-state index contributed by atoms with van der Waals surface area (Å²) in [7, 11) is 0. The molecule has 4 heteroatoms. The van der Waals surface area contributed by atoms with E-state index in [0.717, 1.165) is 30.9 Å². The van der Waals surface area contributed by atoms with E-state index in [9.17, 15) is 0 Å². The molecular weight excluding hydrogens is 254 g/mol. The predicted molar refractivity (Wildman–Crippen MR) is 82.8 cm³/mol. The van der Waals surface area contributed by atoms with Crippen molar-refractivity contribution in [1.82, 2.24) is 14.7 Å². The maximum Gasteiger partial charge on any atom is 0.138 e. The van der Waals surface area contributed by atoms with Gasteiger partial charge in [-0.1, -0.05) is 26.8 Å². The Morgan fingerprint density at radius 2 is 2.21 bits per heavy atom. The fraction of sp³-hybridized carbons (Fsp3) is 0.533. The summed E-state index contributed by atoms with van der Waals surface area (Å²) in [6.45, 7) is 8.62. The summed E-state index contributed by atoms with van der Waals surface area (Å²) in [5.74, 6) is 1.80. The fourth-order valence-corrected chi connectivity index (χ4v) is 2.92. The van der Waals surface area contributed by atoms with Gasteiger partial charge in [0.05, 0.1) is 5.69 Å². The molecule has 2 aromatic heterocycles. The minimum Gasteiger partial charge on any atom is -0.311 e. The van der Waals surface area contributed by atoms with Gasteiger partial charge >= 0.3 is 0 Å². The molecule has 0 radical (unpaired) electrons. The van der Waals surface area contributed by atoms with Crippen molar-refractivity contribution in [3.8, 4) is 0 Å². The van der Waals surface area contributed by atoms with Gasteiger partial charge in [-0.15, -0.1) is 11.8 Å². The molecule has 0 aliphatic carbocycles. The number of rotatable bonds is 7. The summed E-state index contributed by atoms with van der Waals surface area (Å²) in [6, 6.07) is 6.18. The van der Waals surface area contributed by atoms with Gasteiger partial charge < -0.3 is 9.72 Å². The zero-order valence-corrected chi connectivity index (χ0v) is 12.8. The zero-order valence-electron chi connectivity index (χ0n) is 12.0. The number of imidazole rings is 1. The van der Waals surface area contributed by atoms with Crippen LogP contribution in [-0.4, -0.2) is 21.7 Å². The van der Waals surface area contributed by atoms with Gasteiger partial charge in [0.2, 0.25) is 0 Å². The Labute approximate surface area is 119 Å². The van der Waals surface area contributed by atoms with E-state index in [1.54, 1.807) is 0 Å². The van der Waals surface area contributed by atoms with Crippen LogP contribution in [-0.2, 0) is 6.54 Å². The van der Waals surface area contributed by atoms with Crippen molar-refractivity contribution in [2.24, 2.45) is 5.92 Å². The summed E-state index contributed by atoms with van der Waals surface area (Å²) < 4.78 is 2.20. The first-order valence-electron chi connectivity index (χ1n) is 7.01. The maximum atomic E-state index is 4.75. The van der Waals surface area contributed by atoms with Gasteiger partial charge in [-0.3, -0.25) is 0 Å². The molecule has 0 saturated carbocycles. The maximum absolute atomic E-state index is 4.75. The van der Waals surface area contributed by atoms with Crippen LogP contribution in [0.3, 0.4) is 0 Å². The topological polar surface area (TPSA) is 29.3 Å². The van der Waals surface area contributed by atoms with Crippen molar-refractivity contribution in [3.63, 3.8) is 0 Å². The Kier molecular flexibility index (Phi) is 5.28. The summed E-state index contributed by atoms with van der Waals surface area (Å²) in [5, 5.41) is 4.65. The number of aromatic nitrogens is 2. The van der Waals surface area contributed by atoms with E-state index in [2.05, 4.69) is 48.8 Å². The molecule has 0 aliphatic rings. The van der Waals surface area contributed by atoms with Crippen LogP contribution >= 0.6 is 11.8 Å². The molecule has 0 saturated heterocycles. The van der Waals surface area contributed by atoms with Crippen LogP contribution in [0, 0.1) is 5.92 Å². The molecule has 0 atom stereocenters. The van der Waals surface area contributed by atoms with Gasteiger partial charge in [-0.2, -0.15) is 0 Å². The van der Waals surface area contributed by atoms with Crippen LogP contribution in [0.5, 0.6) is 0 Å².